The average Bonchev–Trinajstić information content (AvgIpc) is 2.76. The van der Waals surface area contributed by atoms with Gasteiger partial charge in [-0.15, -0.1) is 0 Å². The maximum atomic E-state index is 8.94. The van der Waals surface area contributed by atoms with Gasteiger partial charge >= 0.3 is 0 Å². The number of halogens is 1. The maximum absolute atomic E-state index is 8.94. The summed E-state index contributed by atoms with van der Waals surface area (Å²) in [6.45, 7) is 2.79. The van der Waals surface area contributed by atoms with Crippen molar-refractivity contribution in [3.63, 3.8) is 0 Å². The fraction of sp³-hybridized carbons (Fsp3) is 0.333. The summed E-state index contributed by atoms with van der Waals surface area (Å²) in [7, 11) is 0. The van der Waals surface area contributed by atoms with Crippen molar-refractivity contribution in [2.45, 2.75) is 19.9 Å². The monoisotopic (exact) mass is 281 g/mol. The number of aryl methyl sites for hydroxylation is 1. The Labute approximate surface area is 116 Å². The van der Waals surface area contributed by atoms with Crippen molar-refractivity contribution in [1.29, 1.82) is 0 Å². The molecule has 7 heteroatoms. The van der Waals surface area contributed by atoms with E-state index in [0.29, 0.717) is 22.9 Å². The summed E-state index contributed by atoms with van der Waals surface area (Å²) in [5.74, 6) is 1.41. The Morgan fingerprint density at radius 3 is 2.89 bits per heavy atom. The van der Waals surface area contributed by atoms with Gasteiger partial charge in [-0.1, -0.05) is 11.6 Å². The highest BCUT2D eigenvalue weighted by atomic mass is 35.5. The van der Waals surface area contributed by atoms with Crippen molar-refractivity contribution in [2.75, 3.05) is 17.7 Å². The largest absolute Gasteiger partial charge is 0.397 e. The molecule has 0 amide bonds. The zero-order valence-corrected chi connectivity index (χ0v) is 11.4. The van der Waals surface area contributed by atoms with Crippen molar-refractivity contribution in [2.24, 2.45) is 0 Å². The molecule has 2 rings (SSSR count). The van der Waals surface area contributed by atoms with Gasteiger partial charge in [-0.3, -0.25) is 0 Å². The summed E-state index contributed by atoms with van der Waals surface area (Å²) in [6.07, 6.45) is 2.03. The van der Waals surface area contributed by atoms with Crippen molar-refractivity contribution in [3.05, 3.63) is 29.0 Å². The molecular formula is C12H16ClN5O. The van der Waals surface area contributed by atoms with E-state index in [-0.39, 0.29) is 6.61 Å². The molecule has 0 saturated heterocycles. The SMILES string of the molecule is CCn1nc(CCO)cc1Nc1cc(N)c(Cl)cn1. The number of rotatable bonds is 5. The minimum absolute atomic E-state index is 0.0757. The Kier molecular flexibility index (Phi) is 4.24. The van der Waals surface area contributed by atoms with Gasteiger partial charge < -0.3 is 16.2 Å². The Hall–Kier alpha value is -1.79. The lowest BCUT2D eigenvalue weighted by atomic mass is 10.3. The van der Waals surface area contributed by atoms with Gasteiger partial charge in [-0.05, 0) is 6.92 Å². The van der Waals surface area contributed by atoms with Crippen LogP contribution in [0.2, 0.25) is 5.02 Å². The second kappa shape index (κ2) is 5.90. The van der Waals surface area contributed by atoms with Crippen LogP contribution in [0.5, 0.6) is 0 Å². The minimum Gasteiger partial charge on any atom is -0.397 e. The second-order valence-electron chi connectivity index (χ2n) is 4.03. The van der Waals surface area contributed by atoms with Crippen LogP contribution in [-0.2, 0) is 13.0 Å². The first-order chi connectivity index (χ1) is 9.13. The molecule has 0 bridgehead atoms. The van der Waals surface area contributed by atoms with Crippen LogP contribution in [0.15, 0.2) is 18.3 Å². The number of aliphatic hydroxyl groups excluding tert-OH is 1. The summed E-state index contributed by atoms with van der Waals surface area (Å²) in [4.78, 5) is 4.15. The van der Waals surface area contributed by atoms with E-state index in [0.717, 1.165) is 18.1 Å². The molecule has 0 saturated carbocycles. The van der Waals surface area contributed by atoms with E-state index in [1.807, 2.05) is 13.0 Å². The summed E-state index contributed by atoms with van der Waals surface area (Å²) in [5.41, 5.74) is 7.03. The van der Waals surface area contributed by atoms with E-state index >= 15 is 0 Å². The summed E-state index contributed by atoms with van der Waals surface area (Å²) >= 11 is 5.83. The fourth-order valence-corrected chi connectivity index (χ4v) is 1.81. The molecule has 2 aromatic rings. The first-order valence-electron chi connectivity index (χ1n) is 5.99. The highest BCUT2D eigenvalue weighted by Crippen LogP contribution is 2.23. The minimum atomic E-state index is 0.0757. The highest BCUT2D eigenvalue weighted by Gasteiger charge is 2.08. The van der Waals surface area contributed by atoms with E-state index in [2.05, 4.69) is 15.4 Å². The molecule has 0 spiro atoms. The van der Waals surface area contributed by atoms with Crippen molar-refractivity contribution in [3.8, 4) is 0 Å². The molecule has 0 aliphatic rings. The molecule has 0 aromatic carbocycles. The van der Waals surface area contributed by atoms with Crippen molar-refractivity contribution >= 4 is 28.9 Å². The van der Waals surface area contributed by atoms with Crippen LogP contribution >= 0.6 is 11.6 Å². The van der Waals surface area contributed by atoms with Crippen LogP contribution in [0.1, 0.15) is 12.6 Å². The predicted octanol–water partition coefficient (Wildman–Crippen LogP) is 1.81. The number of pyridine rings is 1. The van der Waals surface area contributed by atoms with Gasteiger partial charge in [0.25, 0.3) is 0 Å². The first kappa shape index (κ1) is 13.6. The fourth-order valence-electron chi connectivity index (χ4n) is 1.70. The third-order valence-electron chi connectivity index (χ3n) is 2.64. The number of hydrogen-bond donors (Lipinski definition) is 3. The molecule has 6 nitrogen and oxygen atoms in total. The van der Waals surface area contributed by atoms with Crippen LogP contribution in [0, 0.1) is 0 Å². The first-order valence-corrected chi connectivity index (χ1v) is 6.37. The summed E-state index contributed by atoms with van der Waals surface area (Å²) in [6, 6.07) is 3.55. The number of nitrogens with zero attached hydrogens (tertiary/aromatic N) is 3. The maximum Gasteiger partial charge on any atom is 0.133 e. The van der Waals surface area contributed by atoms with E-state index in [4.69, 9.17) is 22.4 Å². The van der Waals surface area contributed by atoms with Crippen LogP contribution in [0.3, 0.4) is 0 Å². The molecule has 0 fully saturated rings. The highest BCUT2D eigenvalue weighted by molar-refractivity contribution is 6.32. The zero-order valence-electron chi connectivity index (χ0n) is 10.6. The molecule has 0 aliphatic carbocycles. The molecular weight excluding hydrogens is 266 g/mol. The molecule has 4 N–H and O–H groups in total. The van der Waals surface area contributed by atoms with Gasteiger partial charge in [-0.2, -0.15) is 5.10 Å². The normalized spacial score (nSPS) is 10.7. The quantitative estimate of drug-likeness (QED) is 0.778. The molecule has 2 heterocycles. The number of aromatic nitrogens is 3. The molecule has 19 heavy (non-hydrogen) atoms. The number of nitrogen functional groups attached to an aromatic ring is 1. The van der Waals surface area contributed by atoms with E-state index < -0.39 is 0 Å². The second-order valence-corrected chi connectivity index (χ2v) is 4.43. The number of aliphatic hydroxyl groups is 1. The van der Waals surface area contributed by atoms with Crippen molar-refractivity contribution in [1.82, 2.24) is 14.8 Å². The average molecular weight is 282 g/mol. The van der Waals surface area contributed by atoms with Gasteiger partial charge in [0.15, 0.2) is 0 Å². The van der Waals surface area contributed by atoms with Crippen LogP contribution in [-0.4, -0.2) is 26.5 Å². The van der Waals surface area contributed by atoms with Crippen LogP contribution in [0.4, 0.5) is 17.3 Å². The topological polar surface area (TPSA) is 89.0 Å². The van der Waals surface area contributed by atoms with Gasteiger partial charge in [-0.25, -0.2) is 9.67 Å². The molecule has 2 aromatic heterocycles. The molecule has 0 atom stereocenters. The lowest BCUT2D eigenvalue weighted by Gasteiger charge is -2.08. The van der Waals surface area contributed by atoms with Gasteiger partial charge in [0.1, 0.15) is 11.6 Å². The molecule has 0 unspecified atom stereocenters. The lowest BCUT2D eigenvalue weighted by molar-refractivity contribution is 0.297. The number of nitrogens with one attached hydrogen (secondary N) is 1. The van der Waals surface area contributed by atoms with E-state index in [1.165, 1.54) is 6.20 Å². The molecule has 0 aliphatic heterocycles. The molecule has 102 valence electrons. The van der Waals surface area contributed by atoms with Crippen LogP contribution in [0.25, 0.3) is 0 Å². The Bertz CT molecular complexity index is 569. The number of hydrogen-bond acceptors (Lipinski definition) is 5. The standard InChI is InChI=1S/C12H16ClN5O/c1-2-18-12(5-8(17-18)3-4-19)16-11-6-10(14)9(13)7-15-11/h5-7,19H,2-4H2,1H3,(H3,14,15,16). The number of anilines is 3. The van der Waals surface area contributed by atoms with Gasteiger partial charge in [0.2, 0.25) is 0 Å². The molecule has 0 radical (unpaired) electrons. The summed E-state index contributed by atoms with van der Waals surface area (Å²) < 4.78 is 1.80. The van der Waals surface area contributed by atoms with Gasteiger partial charge in [0, 0.05) is 37.9 Å². The predicted molar refractivity (Wildman–Crippen MR) is 75.6 cm³/mol. The Morgan fingerprint density at radius 1 is 1.47 bits per heavy atom. The lowest BCUT2D eigenvalue weighted by Crippen LogP contribution is -2.04. The summed E-state index contributed by atoms with van der Waals surface area (Å²) in [5, 5.41) is 16.9. The Morgan fingerprint density at radius 2 is 2.26 bits per heavy atom. The van der Waals surface area contributed by atoms with Gasteiger partial charge in [0.05, 0.1) is 16.4 Å². The van der Waals surface area contributed by atoms with Crippen molar-refractivity contribution < 1.29 is 5.11 Å². The van der Waals surface area contributed by atoms with E-state index in [9.17, 15) is 0 Å². The third-order valence-corrected chi connectivity index (χ3v) is 2.95. The van der Waals surface area contributed by atoms with E-state index in [1.54, 1.807) is 10.7 Å². The van der Waals surface area contributed by atoms with Crippen LogP contribution < -0.4 is 11.1 Å². The zero-order chi connectivity index (χ0) is 13.8. The third kappa shape index (κ3) is 3.15. The Balaban J connectivity index is 2.23. The number of nitrogens with two attached hydrogens (primary N) is 1. The smallest absolute Gasteiger partial charge is 0.133 e.